The van der Waals surface area contributed by atoms with E-state index in [-0.39, 0.29) is 24.3 Å². The van der Waals surface area contributed by atoms with Gasteiger partial charge in [0.25, 0.3) is 14.8 Å². The Balaban J connectivity index is 0.000000447. The van der Waals surface area contributed by atoms with Crippen molar-refractivity contribution in [2.24, 2.45) is 11.8 Å². The van der Waals surface area contributed by atoms with Gasteiger partial charge >= 0.3 is 5.97 Å². The number of aryl methyl sites for hydroxylation is 1. The van der Waals surface area contributed by atoms with Crippen LogP contribution in [0.25, 0.3) is 0 Å². The highest BCUT2D eigenvalue weighted by molar-refractivity contribution is 7.10. The molecule has 0 N–H and O–H groups in total. The first-order valence-corrected chi connectivity index (χ1v) is 17.0. The number of carbonyl (C=O) groups is 3. The Morgan fingerprint density at radius 2 is 1.27 bits per heavy atom. The van der Waals surface area contributed by atoms with Gasteiger partial charge in [-0.25, -0.2) is 14.8 Å². The van der Waals surface area contributed by atoms with E-state index in [0.29, 0.717) is 43.8 Å². The van der Waals surface area contributed by atoms with Crippen LogP contribution in [0.5, 0.6) is 0 Å². The quantitative estimate of drug-likeness (QED) is 0.107. The van der Waals surface area contributed by atoms with Crippen LogP contribution in [0, 0.1) is 18.8 Å². The lowest BCUT2D eigenvalue weighted by molar-refractivity contribution is 0.0360. The number of nitrogens with zero attached hydrogens (tertiary/aromatic N) is 4. The van der Waals surface area contributed by atoms with Crippen LogP contribution in [-0.4, -0.2) is 98.8 Å². The highest BCUT2D eigenvalue weighted by Gasteiger charge is 2.28. The Hall–Kier alpha value is -1.96. The zero-order chi connectivity index (χ0) is 33.2. The van der Waals surface area contributed by atoms with Crippen molar-refractivity contribution in [3.63, 3.8) is 0 Å². The number of hydrogen-bond donors (Lipinski definition) is 0. The third kappa shape index (κ3) is 13.6. The van der Waals surface area contributed by atoms with Crippen LogP contribution in [0.4, 0.5) is 0 Å². The van der Waals surface area contributed by atoms with Crippen LogP contribution in [0.3, 0.4) is 0 Å². The molecule has 0 fully saturated rings. The molecular weight excluding hydrogens is 598 g/mol. The van der Waals surface area contributed by atoms with Crippen LogP contribution < -0.4 is 0 Å². The Kier molecular flexibility index (Phi) is 19.8. The van der Waals surface area contributed by atoms with E-state index in [1.807, 2.05) is 49.9 Å². The molecule has 0 unspecified atom stereocenters. The smallest absolute Gasteiger partial charge is 0.357 e. The summed E-state index contributed by atoms with van der Waals surface area (Å²) >= 11 is 3.04. The molecule has 14 heteroatoms. The maximum atomic E-state index is 11.8. The number of esters is 1. The summed E-state index contributed by atoms with van der Waals surface area (Å²) in [5.41, 5.74) is 1.35. The van der Waals surface area contributed by atoms with E-state index in [4.69, 9.17) is 14.2 Å². The first-order valence-electron chi connectivity index (χ1n) is 15.2. The van der Waals surface area contributed by atoms with Crippen molar-refractivity contribution < 1.29 is 28.6 Å². The molecule has 0 aliphatic rings. The number of carbonyl (C=O) groups excluding carboxylic acids is 3. The van der Waals surface area contributed by atoms with Crippen molar-refractivity contribution in [3.05, 3.63) is 32.2 Å². The molecule has 0 aliphatic heterocycles. The van der Waals surface area contributed by atoms with Gasteiger partial charge < -0.3 is 33.4 Å². The predicted octanol–water partition coefficient (Wildman–Crippen LogP) is 5.24. The standard InChI is InChI=1S/C16H26BN2O4S.C14H24BN2O2S/c1-6-22-14(8-13(11(3)4)19(5)17-10-20)15-18-12(9-24-15)16(21)23-7-2;1-6-19-13(14-16-11(4)8-20-14)7-12(10(2)3)17(5)15-9-18/h9-11,13-14H,6-8H2,1-5H3;8-10,12-13H,6-7H2,1-5H3/t13-,14-;12-,13-/m00/s1. The van der Waals surface area contributed by atoms with Gasteiger partial charge in [0.05, 0.1) is 19.0 Å². The van der Waals surface area contributed by atoms with Gasteiger partial charge in [-0.3, -0.25) is 0 Å². The molecular formula is C30H50B2N4O6S2. The van der Waals surface area contributed by atoms with Gasteiger partial charge in [-0.2, -0.15) is 0 Å². The zero-order valence-electron chi connectivity index (χ0n) is 28.0. The van der Waals surface area contributed by atoms with E-state index in [0.717, 1.165) is 34.5 Å². The summed E-state index contributed by atoms with van der Waals surface area (Å²) in [5.74, 6) is 0.348. The number of aromatic nitrogens is 2. The summed E-state index contributed by atoms with van der Waals surface area (Å²) in [5, 5.41) is 5.53. The monoisotopic (exact) mass is 648 g/mol. The van der Waals surface area contributed by atoms with Gasteiger partial charge in [-0.05, 0) is 66.5 Å². The number of hydrogen-bond acceptors (Lipinski definition) is 12. The summed E-state index contributed by atoms with van der Waals surface area (Å²) in [7, 11) is 6.93. The van der Waals surface area contributed by atoms with E-state index < -0.39 is 5.97 Å². The van der Waals surface area contributed by atoms with Crippen LogP contribution in [-0.2, 0) is 23.8 Å². The topological polar surface area (TPSA) is 111 Å². The van der Waals surface area contributed by atoms with Crippen molar-refractivity contribution in [1.29, 1.82) is 0 Å². The summed E-state index contributed by atoms with van der Waals surface area (Å²) < 4.78 is 16.7. The minimum absolute atomic E-state index is 0.00592. The molecule has 0 saturated heterocycles. The molecule has 2 rings (SSSR count). The highest BCUT2D eigenvalue weighted by atomic mass is 32.1. The molecule has 0 bridgehead atoms. The second-order valence-electron chi connectivity index (χ2n) is 11.0. The van der Waals surface area contributed by atoms with Crippen molar-refractivity contribution in [2.45, 2.75) is 92.5 Å². The summed E-state index contributed by atoms with van der Waals surface area (Å²) in [6.07, 6.45) is 2.90. The van der Waals surface area contributed by atoms with Gasteiger partial charge in [0, 0.05) is 41.8 Å². The van der Waals surface area contributed by atoms with E-state index in [9.17, 15) is 14.4 Å². The second-order valence-corrected chi connectivity index (χ2v) is 12.8. The Morgan fingerprint density at radius 3 is 1.64 bits per heavy atom. The minimum atomic E-state index is -0.415. The fraction of sp³-hybridized carbons (Fsp3) is 0.700. The lowest BCUT2D eigenvalue weighted by Gasteiger charge is -2.32. The van der Waals surface area contributed by atoms with Crippen molar-refractivity contribution in [2.75, 3.05) is 33.9 Å². The zero-order valence-corrected chi connectivity index (χ0v) is 29.7. The fourth-order valence-electron chi connectivity index (χ4n) is 4.81. The SMILES string of the molecule is CCOC(=O)c1csc([C@H](C[C@@H](C(C)C)N(C)[B]C=O)OCC)n1.CCO[C@@H](C[C@@H](C(C)C)N(C)[B]C=O)c1nc(C)cs1. The third-order valence-corrected chi connectivity index (χ3v) is 9.01. The van der Waals surface area contributed by atoms with E-state index in [1.165, 1.54) is 18.8 Å². The Bertz CT molecular complexity index is 1100. The molecule has 0 amide bonds. The van der Waals surface area contributed by atoms with Gasteiger partial charge in [-0.1, -0.05) is 27.7 Å². The second kappa shape index (κ2) is 21.7. The van der Waals surface area contributed by atoms with Crippen LogP contribution in [0.2, 0.25) is 0 Å². The summed E-state index contributed by atoms with van der Waals surface area (Å²) in [4.78, 5) is 46.1. The molecule has 2 aromatic heterocycles. The predicted molar refractivity (Wildman–Crippen MR) is 181 cm³/mol. The van der Waals surface area contributed by atoms with Crippen molar-refractivity contribution >= 4 is 55.8 Å². The largest absolute Gasteiger partial charge is 0.461 e. The summed E-state index contributed by atoms with van der Waals surface area (Å²) in [6.45, 7) is 17.8. The maximum Gasteiger partial charge on any atom is 0.357 e. The van der Waals surface area contributed by atoms with Gasteiger partial charge in [0.2, 0.25) is 0 Å². The van der Waals surface area contributed by atoms with E-state index in [2.05, 4.69) is 37.7 Å². The molecule has 2 aromatic rings. The molecule has 10 nitrogen and oxygen atoms in total. The molecule has 0 saturated carbocycles. The normalized spacial score (nSPS) is 14.1. The first-order chi connectivity index (χ1) is 20.9. The molecule has 0 spiro atoms. The third-order valence-electron chi connectivity index (χ3n) is 7.02. The molecule has 2 radical (unpaired) electrons. The Labute approximate surface area is 273 Å². The number of rotatable bonds is 20. The Morgan fingerprint density at radius 1 is 0.818 bits per heavy atom. The maximum absolute atomic E-state index is 11.8. The van der Waals surface area contributed by atoms with Crippen LogP contribution >= 0.6 is 22.7 Å². The molecule has 4 atom stereocenters. The highest BCUT2D eigenvalue weighted by Crippen LogP contribution is 2.31. The van der Waals surface area contributed by atoms with Gasteiger partial charge in [-0.15, -0.1) is 22.7 Å². The molecule has 2 heterocycles. The van der Waals surface area contributed by atoms with E-state index >= 15 is 0 Å². The lowest BCUT2D eigenvalue weighted by Crippen LogP contribution is -2.40. The first kappa shape index (κ1) is 40.1. The summed E-state index contributed by atoms with van der Waals surface area (Å²) in [6, 6.07) is 0.377. The van der Waals surface area contributed by atoms with Crippen LogP contribution in [0.1, 0.15) is 99.7 Å². The van der Waals surface area contributed by atoms with E-state index in [1.54, 1.807) is 31.1 Å². The number of ether oxygens (including phenoxy) is 3. The molecule has 44 heavy (non-hydrogen) atoms. The van der Waals surface area contributed by atoms with Gasteiger partial charge in [0.15, 0.2) is 5.69 Å². The van der Waals surface area contributed by atoms with Crippen molar-refractivity contribution in [3.8, 4) is 0 Å². The molecule has 0 aromatic carbocycles. The molecule has 0 aliphatic carbocycles. The van der Waals surface area contributed by atoms with Crippen molar-refractivity contribution in [1.82, 2.24) is 19.6 Å². The van der Waals surface area contributed by atoms with Crippen LogP contribution in [0.15, 0.2) is 10.8 Å². The number of thiazole rings is 2. The lowest BCUT2D eigenvalue weighted by atomic mass is 9.86. The minimum Gasteiger partial charge on any atom is -0.461 e. The average molecular weight is 649 g/mol. The van der Waals surface area contributed by atoms with Gasteiger partial charge in [0.1, 0.15) is 22.2 Å². The fourth-order valence-corrected chi connectivity index (χ4v) is 6.51. The average Bonchev–Trinajstić information content (AvgIpc) is 3.63. The molecule has 244 valence electrons.